The molecule has 2 aromatic heterocycles. The van der Waals surface area contributed by atoms with Crippen LogP contribution in [0, 0.1) is 157 Å². The summed E-state index contributed by atoms with van der Waals surface area (Å²) in [5.74, 6) is 13.7. The molecule has 11 N–H and O–H groups in total. The number of aromatic carboxylic acids is 1. The van der Waals surface area contributed by atoms with Gasteiger partial charge in [-0.25, -0.2) is 25.2 Å². The molecule has 0 aromatic carbocycles. The molecule has 12 aliphatic carbocycles. The minimum Gasteiger partial charge on any atom is -0.475 e. The number of carbonyl (C=O) groups is 5. The molecule has 1 amide bonds. The van der Waals surface area contributed by atoms with Crippen molar-refractivity contribution < 1.29 is 78.3 Å². The number of aliphatic hydroxyl groups is 6. The van der Waals surface area contributed by atoms with Gasteiger partial charge in [0, 0.05) is 32.5 Å². The number of H-pyrrole nitrogens is 1. The number of hydrogen-bond acceptors (Lipinski definition) is 20. The lowest BCUT2D eigenvalue weighted by Gasteiger charge is -2.64. The van der Waals surface area contributed by atoms with Gasteiger partial charge >= 0.3 is 29.0 Å². The number of aryl methyl sites for hydroxylation is 2. The van der Waals surface area contributed by atoms with Crippen molar-refractivity contribution in [3.8, 4) is 0 Å². The quantitative estimate of drug-likeness (QED) is 0.0147. The Balaban J connectivity index is 0.000000159. The van der Waals surface area contributed by atoms with Crippen molar-refractivity contribution >= 4 is 40.7 Å². The molecule has 1 saturated heterocycles. The number of carbonyl (C=O) groups excluding carboxylic acids is 4. The second-order valence-electron chi connectivity index (χ2n) is 40.9. The molecular weight excluding hydrogens is 1490 g/mol. The maximum absolute atomic E-state index is 11.9. The number of nitrogens with one attached hydrogen (secondary N) is 2. The number of nitrogens with zero attached hydrogens (tertiary/aromatic N) is 4. The zero-order valence-corrected chi connectivity index (χ0v) is 73.8. The Morgan fingerprint density at radius 3 is 1.23 bits per heavy atom. The van der Waals surface area contributed by atoms with Crippen LogP contribution in [-0.2, 0) is 41.4 Å². The van der Waals surface area contributed by atoms with Crippen molar-refractivity contribution in [2.75, 3.05) is 26.4 Å². The lowest BCUT2D eigenvalue weighted by molar-refractivity contribution is -0.203. The van der Waals surface area contributed by atoms with E-state index >= 15 is 0 Å². The van der Waals surface area contributed by atoms with Crippen molar-refractivity contribution in [1.29, 1.82) is 0 Å². The number of halogens is 1. The van der Waals surface area contributed by atoms with Crippen LogP contribution in [-0.4, -0.2) is 153 Å². The summed E-state index contributed by atoms with van der Waals surface area (Å²) in [5.41, 5.74) is 3.75. The Bertz CT molecular complexity index is 3570. The SMILES string of the molecule is C1CCOC1.CCOC(=O)C(=O)Cl.CCOC(=O)c1nnc(CC[C@@H](C)C2CCC3C4C(CC[C@@]32C)[C@@]2(C)CC[C@@H](O)C[C@H]2[C@@H](CC)[C@H]4O)o1.CC[C@H]1[C@@H](O)C2C3CCC([C@H](C)CCC(=O)NN)[C@@]3(C)CCC2[C@@]2(C)CC[C@@H](O)C[C@@H]12.CC[C@H]1[C@@H](O)C2C3CCC([C@H](C)CCc4nc(C(=O)O)n[nH]4)[C@@]3(C)CCC2[C@@]2(C)CC[C@@H](O)C[C@@H]12. The summed E-state index contributed by atoms with van der Waals surface area (Å²) in [6.07, 6.45) is 32.2. The molecule has 23 nitrogen and oxygen atoms in total. The number of hydrazine groups is 1. The van der Waals surface area contributed by atoms with Crippen molar-refractivity contribution in [3.63, 3.8) is 0 Å². The Labute approximate surface area is 697 Å². The summed E-state index contributed by atoms with van der Waals surface area (Å²) in [6.45, 7) is 34.6. The van der Waals surface area contributed by atoms with Gasteiger partial charge in [0.1, 0.15) is 5.82 Å². The Kier molecular flexibility index (Phi) is 30.9. The van der Waals surface area contributed by atoms with Crippen LogP contribution in [0.15, 0.2) is 4.42 Å². The van der Waals surface area contributed by atoms with E-state index in [0.717, 1.165) is 110 Å². The van der Waals surface area contributed by atoms with Gasteiger partial charge < -0.3 is 54.4 Å². The molecule has 2 aromatic rings. The van der Waals surface area contributed by atoms with Gasteiger partial charge in [0.15, 0.2) is 0 Å². The van der Waals surface area contributed by atoms with Gasteiger partial charge in [-0.2, -0.15) is 0 Å². The maximum Gasteiger partial charge on any atom is 0.396 e. The van der Waals surface area contributed by atoms with E-state index in [1.807, 2.05) is 0 Å². The number of hydrogen-bond donors (Lipinski definition) is 10. The monoisotopic (exact) mass is 1650 g/mol. The van der Waals surface area contributed by atoms with Crippen LogP contribution in [0.5, 0.6) is 0 Å². The van der Waals surface area contributed by atoms with Crippen molar-refractivity contribution in [2.24, 2.45) is 163 Å². The second-order valence-corrected chi connectivity index (χ2v) is 41.3. The molecular formula is C92H152ClN7O16. The molecule has 1 aliphatic heterocycles. The molecule has 3 heterocycles. The summed E-state index contributed by atoms with van der Waals surface area (Å²) in [4.78, 5) is 58.6. The number of amides is 1. The van der Waals surface area contributed by atoms with E-state index in [0.29, 0.717) is 155 Å². The van der Waals surface area contributed by atoms with Crippen molar-refractivity contribution in [2.45, 2.75) is 339 Å². The molecule has 33 atom stereocenters. The first-order valence-electron chi connectivity index (χ1n) is 46.2. The highest BCUT2D eigenvalue weighted by Crippen LogP contribution is 2.74. The van der Waals surface area contributed by atoms with E-state index in [1.54, 1.807) is 13.8 Å². The highest BCUT2D eigenvalue weighted by Gasteiger charge is 2.69. The van der Waals surface area contributed by atoms with Crippen LogP contribution >= 0.6 is 11.6 Å². The van der Waals surface area contributed by atoms with Gasteiger partial charge in [0.2, 0.25) is 11.8 Å². The van der Waals surface area contributed by atoms with Crippen molar-refractivity contribution in [1.82, 2.24) is 30.8 Å². The maximum atomic E-state index is 11.9. The van der Waals surface area contributed by atoms with Crippen LogP contribution < -0.4 is 11.3 Å². The number of ether oxygens (including phenoxy) is 3. The number of aliphatic hydroxyl groups excluding tert-OH is 6. The van der Waals surface area contributed by atoms with Gasteiger partial charge in [-0.15, -0.1) is 15.3 Å². The van der Waals surface area contributed by atoms with E-state index in [-0.39, 0.29) is 99.9 Å². The fourth-order valence-electron chi connectivity index (χ4n) is 30.4. The Hall–Kier alpha value is -4.20. The largest absolute Gasteiger partial charge is 0.475 e. The lowest BCUT2D eigenvalue weighted by Crippen LogP contribution is -2.62. The molecule has 13 aliphatic rings. The highest BCUT2D eigenvalue weighted by molar-refractivity contribution is 6.80. The number of aromatic amines is 1. The predicted octanol–water partition coefficient (Wildman–Crippen LogP) is 15.3. The zero-order chi connectivity index (χ0) is 84.3. The van der Waals surface area contributed by atoms with E-state index in [2.05, 4.69) is 119 Å². The van der Waals surface area contributed by atoms with Crippen LogP contribution in [0.3, 0.4) is 0 Å². The third kappa shape index (κ3) is 18.3. The van der Waals surface area contributed by atoms with Crippen LogP contribution in [0.2, 0.25) is 0 Å². The van der Waals surface area contributed by atoms with Gasteiger partial charge in [0.05, 0.1) is 49.8 Å². The molecule has 12 saturated carbocycles. The first-order chi connectivity index (χ1) is 55.1. The van der Waals surface area contributed by atoms with Gasteiger partial charge in [-0.3, -0.25) is 20.1 Å². The van der Waals surface area contributed by atoms with Crippen LogP contribution in [0.1, 0.15) is 323 Å². The fraction of sp³-hybridized carbons (Fsp3) is 0.902. The summed E-state index contributed by atoms with van der Waals surface area (Å²) in [7, 11) is 0. The minimum absolute atomic E-state index is 0.0606. The average Bonchev–Trinajstić information content (AvgIpc) is 1.33. The topological polar surface area (TPSA) is 373 Å². The van der Waals surface area contributed by atoms with Gasteiger partial charge in [-0.05, 0) is 349 Å². The summed E-state index contributed by atoms with van der Waals surface area (Å²) in [5, 5.41) is 89.5. The standard InChI is InChI=1S/C30H48N2O5.C28H45N3O4.C26H46N2O3.C4H5ClO3.C4H8O/c1-6-19-23-16-18(33)12-14-30(23,5)22-13-15-29(4)20(9-10-21(29)25(22)26(19)34)17(3)8-11-24-31-32-27(37-24)28(35)36-7-2;1-5-17-21-14-16(32)10-12-28(21,4)20-11-13-27(3)18(7-8-19(27)23(20)24(17)33)15(2)6-9-22-29-25(26(34)35)31-30-22;1-5-17-21-14-16(29)10-12-26(21,4)20-11-13-25(3)18(15(2)6-9-22(30)28-27)7-8-19(25)23(20)24(17)31;1-2-8-4(7)3(5)6;1-2-4-5-3-1/h17-23,25-26,33-34H,6-16H2,1-5H3;15-21,23-24,32-33H,5-14H2,1-4H3,(H,34,35)(H,29,30,31);15-21,23-24,29,31H,5-14,27H2,1-4H3,(H,28,30);2H2,1H3;1-4H2/t17-,18-,19-,20?,21?,22?,23+,25?,26-,29-,30-;15-,16-,17-,18?,19?,20?,21+,23?,24-,27-,28-;15-,16-,17-,18?,19?,20?,21+,23?,24-,25-,26-;;/m111../s1. The molecule has 0 bridgehead atoms. The lowest BCUT2D eigenvalue weighted by atomic mass is 9.41. The van der Waals surface area contributed by atoms with E-state index in [1.165, 1.54) is 89.9 Å². The summed E-state index contributed by atoms with van der Waals surface area (Å²) in [6, 6.07) is 0. The summed E-state index contributed by atoms with van der Waals surface area (Å²) < 4.78 is 19.7. The predicted molar refractivity (Wildman–Crippen MR) is 442 cm³/mol. The van der Waals surface area contributed by atoms with Crippen LogP contribution in [0.25, 0.3) is 0 Å². The number of aromatic nitrogens is 5. The molecule has 658 valence electrons. The van der Waals surface area contributed by atoms with Crippen LogP contribution in [0.4, 0.5) is 0 Å². The van der Waals surface area contributed by atoms with E-state index < -0.39 is 23.2 Å². The third-order valence-corrected chi connectivity index (χ3v) is 36.1. The average molecular weight is 1650 g/mol. The Morgan fingerprint density at radius 1 is 0.517 bits per heavy atom. The molecule has 24 heteroatoms. The molecule has 0 spiro atoms. The Morgan fingerprint density at radius 2 is 0.897 bits per heavy atom. The van der Waals surface area contributed by atoms with Gasteiger partial charge in [0.25, 0.3) is 5.82 Å². The number of esters is 2. The number of fused-ring (bicyclic) bond motifs is 15. The summed E-state index contributed by atoms with van der Waals surface area (Å²) >= 11 is 4.69. The van der Waals surface area contributed by atoms with Crippen molar-refractivity contribution in [3.05, 3.63) is 23.4 Å². The van der Waals surface area contributed by atoms with E-state index in [4.69, 9.17) is 36.4 Å². The number of rotatable bonds is 20. The molecule has 116 heavy (non-hydrogen) atoms. The van der Waals surface area contributed by atoms with Gasteiger partial charge in [-0.1, -0.05) is 102 Å². The molecule has 0 radical (unpaired) electrons. The minimum atomic E-state index is -1.09. The second kappa shape index (κ2) is 38.7. The number of carboxylic acid groups (broad SMARTS) is 1. The number of carboxylic acids is 1. The molecule has 13 fully saturated rings. The third-order valence-electron chi connectivity index (χ3n) is 36.0. The smallest absolute Gasteiger partial charge is 0.396 e. The zero-order valence-electron chi connectivity index (χ0n) is 73.1. The first kappa shape index (κ1) is 92.5. The van der Waals surface area contributed by atoms with E-state index in [9.17, 15) is 54.6 Å². The normalized spacial score (nSPS) is 42.9. The first-order valence-corrected chi connectivity index (χ1v) is 46.6. The molecule has 12 unspecified atom stereocenters. The highest BCUT2D eigenvalue weighted by atomic mass is 35.5. The number of nitrogens with two attached hydrogens (primary N) is 1. The molecule has 15 rings (SSSR count). The fourth-order valence-corrected chi connectivity index (χ4v) is 30.4.